The van der Waals surface area contributed by atoms with Crippen LogP contribution in [0.25, 0.3) is 11.0 Å². The summed E-state index contributed by atoms with van der Waals surface area (Å²) >= 11 is 0. The van der Waals surface area contributed by atoms with Crippen molar-refractivity contribution in [3.63, 3.8) is 0 Å². The van der Waals surface area contributed by atoms with Crippen LogP contribution in [0.5, 0.6) is 0 Å². The van der Waals surface area contributed by atoms with Gasteiger partial charge in [0.1, 0.15) is 11.6 Å². The Morgan fingerprint density at radius 1 is 0.963 bits per heavy atom. The lowest BCUT2D eigenvalue weighted by molar-refractivity contribution is 0.240. The highest BCUT2D eigenvalue weighted by Gasteiger charge is 2.28. The van der Waals surface area contributed by atoms with E-state index in [-0.39, 0.29) is 0 Å². The predicted molar refractivity (Wildman–Crippen MR) is 106 cm³/mol. The molecule has 1 aliphatic carbocycles. The van der Waals surface area contributed by atoms with Gasteiger partial charge in [0, 0.05) is 30.4 Å². The minimum atomic E-state index is 0.357. The fraction of sp³-hybridized carbons (Fsp3) is 0.500. The summed E-state index contributed by atoms with van der Waals surface area (Å²) in [5.41, 5.74) is 3.39. The molecular weight excluding hydrogens is 334 g/mol. The van der Waals surface area contributed by atoms with Crippen molar-refractivity contribution in [3.8, 4) is 0 Å². The van der Waals surface area contributed by atoms with Crippen LogP contribution >= 0.6 is 0 Å². The molecule has 1 atom stereocenters. The molecule has 0 radical (unpaired) electrons. The second kappa shape index (κ2) is 7.39. The monoisotopic (exact) mass is 361 g/mol. The molecule has 0 unspecified atom stereocenters. The summed E-state index contributed by atoms with van der Waals surface area (Å²) in [4.78, 5) is 20.3. The Labute approximate surface area is 160 Å². The summed E-state index contributed by atoms with van der Waals surface area (Å²) in [5, 5.41) is 0. The van der Waals surface area contributed by atoms with E-state index in [1.54, 1.807) is 0 Å². The first-order chi connectivity index (χ1) is 13.4. The third kappa shape index (κ3) is 3.48. The quantitative estimate of drug-likeness (QED) is 0.729. The highest BCUT2D eigenvalue weighted by molar-refractivity contribution is 5.74. The van der Waals surface area contributed by atoms with E-state index in [4.69, 9.17) is 15.0 Å². The molecular formula is C22H27N5. The average Bonchev–Trinajstić information content (AvgIpc) is 3.35. The summed E-state index contributed by atoms with van der Waals surface area (Å²) in [7, 11) is 0. The second-order valence-electron chi connectivity index (χ2n) is 8.05. The second-order valence-corrected chi connectivity index (χ2v) is 8.05. The Morgan fingerprint density at radius 2 is 1.78 bits per heavy atom. The summed E-state index contributed by atoms with van der Waals surface area (Å²) in [5.74, 6) is 2.71. The maximum absolute atomic E-state index is 4.83. The van der Waals surface area contributed by atoms with E-state index < -0.39 is 0 Å². The number of hydrogen-bond acceptors (Lipinski definition) is 4. The zero-order valence-electron chi connectivity index (χ0n) is 15.8. The fourth-order valence-corrected chi connectivity index (χ4v) is 4.71. The first-order valence-corrected chi connectivity index (χ1v) is 10.4. The van der Waals surface area contributed by atoms with Crippen molar-refractivity contribution in [1.82, 2.24) is 24.8 Å². The molecule has 5 rings (SSSR count). The number of H-pyrrole nitrogens is 1. The van der Waals surface area contributed by atoms with Gasteiger partial charge in [-0.25, -0.2) is 15.0 Å². The standard InChI is InChI=1S/C22H27N5/c1-2-7-17(8-3-1)21-23-13-16(14-24-21)15-27-12-6-11-20(27)22-25-18-9-4-5-10-19(18)26-22/h4-5,9-10,13-14,17,20H,1-3,6-8,11-12,15H2,(H,25,26)/t20-/m1/s1. The van der Waals surface area contributed by atoms with Crippen LogP contribution in [-0.2, 0) is 6.54 Å². The van der Waals surface area contributed by atoms with Crippen LogP contribution in [0.2, 0.25) is 0 Å². The molecule has 5 heteroatoms. The van der Waals surface area contributed by atoms with Crippen molar-refractivity contribution < 1.29 is 0 Å². The molecule has 2 aliphatic rings. The Morgan fingerprint density at radius 3 is 2.59 bits per heavy atom. The normalized spacial score (nSPS) is 21.9. The number of fused-ring (bicyclic) bond motifs is 1. The SMILES string of the molecule is c1ccc2[nH]c([C@H]3CCCN3Cc3cnc(C4CCCCC4)nc3)nc2c1. The third-order valence-electron chi connectivity index (χ3n) is 6.17. The van der Waals surface area contributed by atoms with Crippen molar-refractivity contribution in [2.24, 2.45) is 0 Å². The number of nitrogens with zero attached hydrogens (tertiary/aromatic N) is 4. The van der Waals surface area contributed by atoms with Gasteiger partial charge < -0.3 is 4.98 Å². The third-order valence-corrected chi connectivity index (χ3v) is 6.17. The van der Waals surface area contributed by atoms with Gasteiger partial charge in [-0.05, 0) is 44.4 Å². The van der Waals surface area contributed by atoms with Gasteiger partial charge in [-0.1, -0.05) is 31.4 Å². The molecule has 5 nitrogen and oxygen atoms in total. The fourth-order valence-electron chi connectivity index (χ4n) is 4.71. The summed E-state index contributed by atoms with van der Waals surface area (Å²) in [6.07, 6.45) is 13.0. The van der Waals surface area contributed by atoms with Gasteiger partial charge in [0.25, 0.3) is 0 Å². The minimum Gasteiger partial charge on any atom is -0.341 e. The Kier molecular flexibility index (Phi) is 4.62. The van der Waals surface area contributed by atoms with Crippen LogP contribution in [-0.4, -0.2) is 31.4 Å². The number of aromatic nitrogens is 4. The van der Waals surface area contributed by atoms with E-state index in [1.165, 1.54) is 44.1 Å². The summed E-state index contributed by atoms with van der Waals surface area (Å²) in [6.45, 7) is 2.00. The van der Waals surface area contributed by atoms with Gasteiger partial charge in [0.05, 0.1) is 17.1 Å². The number of rotatable bonds is 4. The predicted octanol–water partition coefficient (Wildman–Crippen LogP) is 4.74. The largest absolute Gasteiger partial charge is 0.341 e. The van der Waals surface area contributed by atoms with Gasteiger partial charge in [-0.2, -0.15) is 0 Å². The van der Waals surface area contributed by atoms with E-state index in [2.05, 4.69) is 28.1 Å². The molecule has 3 aromatic rings. The maximum Gasteiger partial charge on any atom is 0.131 e. The molecule has 1 aromatic carbocycles. The number of para-hydroxylation sites is 2. The highest BCUT2D eigenvalue weighted by Crippen LogP contribution is 2.33. The smallest absolute Gasteiger partial charge is 0.131 e. The molecule has 0 bridgehead atoms. The average molecular weight is 361 g/mol. The zero-order chi connectivity index (χ0) is 18.1. The number of hydrogen-bond donors (Lipinski definition) is 1. The molecule has 2 aromatic heterocycles. The highest BCUT2D eigenvalue weighted by atomic mass is 15.2. The van der Waals surface area contributed by atoms with Gasteiger partial charge in [0.15, 0.2) is 0 Å². The molecule has 1 N–H and O–H groups in total. The van der Waals surface area contributed by atoms with E-state index in [0.29, 0.717) is 12.0 Å². The maximum atomic E-state index is 4.83. The van der Waals surface area contributed by atoms with E-state index >= 15 is 0 Å². The van der Waals surface area contributed by atoms with E-state index in [1.807, 2.05) is 18.5 Å². The molecule has 1 saturated carbocycles. The van der Waals surface area contributed by atoms with Crippen molar-refractivity contribution in [2.45, 2.75) is 63.5 Å². The van der Waals surface area contributed by atoms with Crippen LogP contribution in [0.15, 0.2) is 36.7 Å². The lowest BCUT2D eigenvalue weighted by atomic mass is 9.89. The van der Waals surface area contributed by atoms with Crippen molar-refractivity contribution in [3.05, 3.63) is 53.9 Å². The number of aromatic amines is 1. The van der Waals surface area contributed by atoms with E-state index in [0.717, 1.165) is 42.2 Å². The zero-order valence-corrected chi connectivity index (χ0v) is 15.8. The van der Waals surface area contributed by atoms with Gasteiger partial charge in [-0.15, -0.1) is 0 Å². The van der Waals surface area contributed by atoms with Crippen molar-refractivity contribution in [1.29, 1.82) is 0 Å². The van der Waals surface area contributed by atoms with Gasteiger partial charge in [0.2, 0.25) is 0 Å². The minimum absolute atomic E-state index is 0.357. The van der Waals surface area contributed by atoms with E-state index in [9.17, 15) is 0 Å². The van der Waals surface area contributed by atoms with Gasteiger partial charge >= 0.3 is 0 Å². The number of likely N-dealkylation sites (tertiary alicyclic amines) is 1. The molecule has 1 aliphatic heterocycles. The van der Waals surface area contributed by atoms with Crippen LogP contribution in [0, 0.1) is 0 Å². The molecule has 1 saturated heterocycles. The van der Waals surface area contributed by atoms with Crippen LogP contribution in [0.1, 0.15) is 74.1 Å². The van der Waals surface area contributed by atoms with Gasteiger partial charge in [-0.3, -0.25) is 4.90 Å². The van der Waals surface area contributed by atoms with Crippen LogP contribution in [0.4, 0.5) is 0 Å². The van der Waals surface area contributed by atoms with Crippen molar-refractivity contribution in [2.75, 3.05) is 6.54 Å². The molecule has 3 heterocycles. The van der Waals surface area contributed by atoms with Crippen molar-refractivity contribution >= 4 is 11.0 Å². The summed E-state index contributed by atoms with van der Waals surface area (Å²) in [6, 6.07) is 8.64. The molecule has 140 valence electrons. The number of nitrogens with one attached hydrogen (secondary N) is 1. The molecule has 2 fully saturated rings. The molecule has 0 spiro atoms. The Hall–Kier alpha value is -2.27. The lowest BCUT2D eigenvalue weighted by Crippen LogP contribution is -2.24. The first kappa shape index (κ1) is 16.9. The number of benzene rings is 1. The lowest BCUT2D eigenvalue weighted by Gasteiger charge is -2.23. The van der Waals surface area contributed by atoms with Crippen LogP contribution < -0.4 is 0 Å². The first-order valence-electron chi connectivity index (χ1n) is 10.4. The Bertz CT molecular complexity index is 861. The topological polar surface area (TPSA) is 57.7 Å². The molecule has 0 amide bonds. The molecule has 27 heavy (non-hydrogen) atoms. The van der Waals surface area contributed by atoms with Crippen LogP contribution in [0.3, 0.4) is 0 Å². The summed E-state index contributed by atoms with van der Waals surface area (Å²) < 4.78 is 0. The Balaban J connectivity index is 1.30. The number of imidazole rings is 1.